The van der Waals surface area contributed by atoms with Crippen molar-refractivity contribution in [2.24, 2.45) is 11.5 Å². The average Bonchev–Trinajstić information content (AvgIpc) is 2.16. The van der Waals surface area contributed by atoms with Crippen LogP contribution in [0.15, 0.2) is 18.2 Å². The van der Waals surface area contributed by atoms with E-state index < -0.39 is 0 Å². The fourth-order valence-corrected chi connectivity index (χ4v) is 1.53. The van der Waals surface area contributed by atoms with Gasteiger partial charge < -0.3 is 16.4 Å². The van der Waals surface area contributed by atoms with E-state index >= 15 is 0 Å². The van der Waals surface area contributed by atoms with Crippen LogP contribution in [0.2, 0.25) is 0 Å². The van der Waals surface area contributed by atoms with Crippen LogP contribution in [0.1, 0.15) is 16.7 Å². The molecule has 1 rings (SSSR count). The van der Waals surface area contributed by atoms with Crippen molar-refractivity contribution in [2.45, 2.75) is 19.6 Å². The Morgan fingerprint density at radius 1 is 0.929 bits per heavy atom. The number of nitrogens with two attached hydrogens (primary N) is 2. The molecule has 0 bridgehead atoms. The second kappa shape index (κ2) is 5.10. The molecule has 78 valence electrons. The molecule has 0 saturated heterocycles. The van der Waals surface area contributed by atoms with Gasteiger partial charge in [0.05, 0.1) is 0 Å². The van der Waals surface area contributed by atoms with Crippen LogP contribution in [-0.4, -0.2) is 19.0 Å². The number of hydrogen-bond acceptors (Lipinski definition) is 3. The Morgan fingerprint density at radius 2 is 1.36 bits per heavy atom. The van der Waals surface area contributed by atoms with Crippen LogP contribution in [0, 0.1) is 0 Å². The molecule has 0 aromatic heterocycles. The summed E-state index contributed by atoms with van der Waals surface area (Å²) < 4.78 is 0. The van der Waals surface area contributed by atoms with Crippen LogP contribution in [0.5, 0.6) is 0 Å². The maximum Gasteiger partial charge on any atom is 0.0227 e. The van der Waals surface area contributed by atoms with Crippen LogP contribution in [-0.2, 0) is 19.6 Å². The zero-order valence-corrected chi connectivity index (χ0v) is 8.96. The summed E-state index contributed by atoms with van der Waals surface area (Å²) in [5.41, 5.74) is 14.8. The largest absolute Gasteiger partial charge is 0.326 e. The summed E-state index contributed by atoms with van der Waals surface area (Å²) in [4.78, 5) is 2.13. The molecule has 4 N–H and O–H groups in total. The molecule has 0 aliphatic carbocycles. The molecular weight excluding hydrogens is 174 g/mol. The number of nitrogens with zero attached hydrogens (tertiary/aromatic N) is 1. The summed E-state index contributed by atoms with van der Waals surface area (Å²) in [7, 11) is 4.11. The van der Waals surface area contributed by atoms with Gasteiger partial charge in [0.1, 0.15) is 0 Å². The van der Waals surface area contributed by atoms with E-state index in [1.807, 2.05) is 0 Å². The van der Waals surface area contributed by atoms with Gasteiger partial charge in [-0.2, -0.15) is 0 Å². The molecule has 0 unspecified atom stereocenters. The second-order valence-electron chi connectivity index (χ2n) is 3.80. The summed E-state index contributed by atoms with van der Waals surface area (Å²) in [5.74, 6) is 0. The highest BCUT2D eigenvalue weighted by atomic mass is 15.0. The highest BCUT2D eigenvalue weighted by Gasteiger charge is 2.00. The second-order valence-corrected chi connectivity index (χ2v) is 3.80. The zero-order valence-electron chi connectivity index (χ0n) is 8.96. The van der Waals surface area contributed by atoms with E-state index in [-0.39, 0.29) is 0 Å². The molecule has 3 heteroatoms. The van der Waals surface area contributed by atoms with E-state index in [2.05, 4.69) is 37.2 Å². The highest BCUT2D eigenvalue weighted by molar-refractivity contribution is 5.30. The van der Waals surface area contributed by atoms with Crippen LogP contribution in [0.3, 0.4) is 0 Å². The molecule has 1 aromatic rings. The molecule has 0 atom stereocenters. The van der Waals surface area contributed by atoms with Gasteiger partial charge in [0.2, 0.25) is 0 Å². The fraction of sp³-hybridized carbons (Fsp3) is 0.455. The lowest BCUT2D eigenvalue weighted by Crippen LogP contribution is -2.12. The van der Waals surface area contributed by atoms with Gasteiger partial charge in [-0.15, -0.1) is 0 Å². The van der Waals surface area contributed by atoms with Crippen LogP contribution in [0.25, 0.3) is 0 Å². The van der Waals surface area contributed by atoms with E-state index in [9.17, 15) is 0 Å². The van der Waals surface area contributed by atoms with E-state index in [1.54, 1.807) is 0 Å². The van der Waals surface area contributed by atoms with Gasteiger partial charge in [0.25, 0.3) is 0 Å². The molecule has 0 amide bonds. The lowest BCUT2D eigenvalue weighted by Gasteiger charge is -2.12. The Morgan fingerprint density at radius 3 is 1.71 bits per heavy atom. The van der Waals surface area contributed by atoms with Gasteiger partial charge in [-0.25, -0.2) is 0 Å². The number of benzene rings is 1. The number of hydrogen-bond donors (Lipinski definition) is 2. The van der Waals surface area contributed by atoms with Crippen molar-refractivity contribution in [2.75, 3.05) is 14.1 Å². The first-order valence-corrected chi connectivity index (χ1v) is 4.82. The van der Waals surface area contributed by atoms with Crippen molar-refractivity contribution in [1.82, 2.24) is 4.90 Å². The molecule has 0 aliphatic heterocycles. The molecule has 0 saturated carbocycles. The van der Waals surface area contributed by atoms with Crippen molar-refractivity contribution >= 4 is 0 Å². The van der Waals surface area contributed by atoms with E-state index in [1.165, 1.54) is 5.56 Å². The third-order valence-electron chi connectivity index (χ3n) is 2.08. The quantitative estimate of drug-likeness (QED) is 0.739. The molecule has 0 heterocycles. The molecule has 0 aliphatic rings. The van der Waals surface area contributed by atoms with E-state index in [4.69, 9.17) is 11.5 Å². The third kappa shape index (κ3) is 3.10. The Kier molecular flexibility index (Phi) is 4.07. The Hall–Kier alpha value is -0.900. The molecule has 0 fully saturated rings. The zero-order chi connectivity index (χ0) is 10.6. The van der Waals surface area contributed by atoms with Crippen molar-refractivity contribution in [3.8, 4) is 0 Å². The van der Waals surface area contributed by atoms with Crippen LogP contribution in [0.4, 0.5) is 0 Å². The van der Waals surface area contributed by atoms with Crippen molar-refractivity contribution < 1.29 is 0 Å². The predicted molar refractivity (Wildman–Crippen MR) is 59.6 cm³/mol. The van der Waals surface area contributed by atoms with Crippen molar-refractivity contribution in [3.05, 3.63) is 34.9 Å². The first-order valence-electron chi connectivity index (χ1n) is 4.82. The predicted octanol–water partition coefficient (Wildman–Crippen LogP) is 0.666. The van der Waals surface area contributed by atoms with Gasteiger partial charge in [-0.1, -0.05) is 18.2 Å². The van der Waals surface area contributed by atoms with Gasteiger partial charge in [-0.3, -0.25) is 0 Å². The average molecular weight is 193 g/mol. The lowest BCUT2D eigenvalue weighted by molar-refractivity contribution is 0.402. The minimum Gasteiger partial charge on any atom is -0.326 e. The summed E-state index contributed by atoms with van der Waals surface area (Å²) in [6.07, 6.45) is 0. The maximum atomic E-state index is 5.62. The normalized spacial score (nSPS) is 10.9. The Bertz CT molecular complexity index is 272. The molecule has 14 heavy (non-hydrogen) atoms. The minimum atomic E-state index is 0.578. The first kappa shape index (κ1) is 11.2. The highest BCUT2D eigenvalue weighted by Crippen LogP contribution is 2.11. The summed E-state index contributed by atoms with van der Waals surface area (Å²) in [6.45, 7) is 2.09. The lowest BCUT2D eigenvalue weighted by atomic mass is 10.1. The minimum absolute atomic E-state index is 0.578. The maximum absolute atomic E-state index is 5.62. The Balaban J connectivity index is 2.92. The molecule has 3 nitrogen and oxygen atoms in total. The van der Waals surface area contributed by atoms with E-state index in [0.717, 1.165) is 17.7 Å². The Labute approximate surface area is 85.7 Å². The summed E-state index contributed by atoms with van der Waals surface area (Å²) >= 11 is 0. The monoisotopic (exact) mass is 193 g/mol. The molecule has 0 radical (unpaired) electrons. The van der Waals surface area contributed by atoms with Gasteiger partial charge in [0.15, 0.2) is 0 Å². The van der Waals surface area contributed by atoms with Gasteiger partial charge in [0, 0.05) is 19.6 Å². The smallest absolute Gasteiger partial charge is 0.0227 e. The van der Waals surface area contributed by atoms with Gasteiger partial charge in [-0.05, 0) is 30.8 Å². The number of rotatable bonds is 4. The van der Waals surface area contributed by atoms with Crippen LogP contribution < -0.4 is 11.5 Å². The summed E-state index contributed by atoms with van der Waals surface area (Å²) in [5, 5.41) is 0. The summed E-state index contributed by atoms with van der Waals surface area (Å²) in [6, 6.07) is 6.34. The van der Waals surface area contributed by atoms with Crippen LogP contribution >= 0.6 is 0 Å². The standard InChI is InChI=1S/C11H19N3/c1-14(2)8-11-4-9(6-12)3-10(5-11)7-13/h3-5H,6-8,12-13H2,1-2H3. The third-order valence-corrected chi connectivity index (χ3v) is 2.08. The molecular formula is C11H19N3. The molecule has 0 spiro atoms. The molecule has 1 aromatic carbocycles. The van der Waals surface area contributed by atoms with Gasteiger partial charge >= 0.3 is 0 Å². The van der Waals surface area contributed by atoms with Crippen molar-refractivity contribution in [3.63, 3.8) is 0 Å². The van der Waals surface area contributed by atoms with E-state index in [0.29, 0.717) is 13.1 Å². The van der Waals surface area contributed by atoms with Crippen molar-refractivity contribution in [1.29, 1.82) is 0 Å². The first-order chi connectivity index (χ1) is 6.65. The topological polar surface area (TPSA) is 55.3 Å². The fourth-order valence-electron chi connectivity index (χ4n) is 1.53. The SMILES string of the molecule is CN(C)Cc1cc(CN)cc(CN)c1.